The van der Waals surface area contributed by atoms with Gasteiger partial charge in [0.15, 0.2) is 5.11 Å². The Morgan fingerprint density at radius 1 is 1.03 bits per heavy atom. The van der Waals surface area contributed by atoms with Crippen LogP contribution in [-0.4, -0.2) is 25.2 Å². The van der Waals surface area contributed by atoms with Gasteiger partial charge in [-0.1, -0.05) is 11.6 Å². The molecule has 0 aliphatic heterocycles. The Morgan fingerprint density at radius 2 is 1.69 bits per heavy atom. The number of rotatable bonds is 6. The first-order chi connectivity index (χ1) is 14.0. The maximum Gasteiger partial charge on any atom is 0.257 e. The molecule has 0 spiro atoms. The van der Waals surface area contributed by atoms with Crippen LogP contribution in [0.5, 0.6) is 11.5 Å². The van der Waals surface area contributed by atoms with Gasteiger partial charge in [0, 0.05) is 22.2 Å². The zero-order chi connectivity index (χ0) is 20.8. The molecule has 0 aliphatic rings. The van der Waals surface area contributed by atoms with Crippen LogP contribution in [0.2, 0.25) is 5.02 Å². The molecule has 2 aromatic carbocycles. The smallest absolute Gasteiger partial charge is 0.257 e. The van der Waals surface area contributed by atoms with Crippen LogP contribution in [-0.2, 0) is 6.54 Å². The summed E-state index contributed by atoms with van der Waals surface area (Å²) in [6.45, 7) is 0.328. The first kappa shape index (κ1) is 20.7. The van der Waals surface area contributed by atoms with Crippen molar-refractivity contribution in [2.75, 3.05) is 14.2 Å². The van der Waals surface area contributed by atoms with Gasteiger partial charge in [0.1, 0.15) is 23.0 Å². The molecule has 0 unspecified atom stereocenters. The second-order valence-electron chi connectivity index (χ2n) is 6.01. The van der Waals surface area contributed by atoms with E-state index >= 15 is 0 Å². The molecule has 0 saturated carbocycles. The van der Waals surface area contributed by atoms with Crippen molar-refractivity contribution in [3.63, 3.8) is 0 Å². The fraction of sp³-hybridized carbons (Fsp3) is 0.143. The summed E-state index contributed by atoms with van der Waals surface area (Å²) >= 11 is 11.1. The lowest BCUT2D eigenvalue weighted by Crippen LogP contribution is -2.38. The molecule has 1 heterocycles. The predicted molar refractivity (Wildman–Crippen MR) is 116 cm³/mol. The molecule has 0 atom stereocenters. The average Bonchev–Trinajstić information content (AvgIpc) is 3.21. The summed E-state index contributed by atoms with van der Waals surface area (Å²) in [5.41, 5.74) is 1.29. The highest BCUT2D eigenvalue weighted by Crippen LogP contribution is 2.24. The van der Waals surface area contributed by atoms with Crippen LogP contribution < -0.4 is 20.1 Å². The number of nitrogens with one attached hydrogen (secondary N) is 2. The van der Waals surface area contributed by atoms with Crippen LogP contribution in [0.1, 0.15) is 16.1 Å². The molecule has 0 saturated heterocycles. The van der Waals surface area contributed by atoms with Crippen LogP contribution in [0.15, 0.2) is 59.0 Å². The number of benzene rings is 2. The SMILES string of the molecule is COc1cc(OC)cc(C(=O)NC(=S)NCc2ccc(-c3ccc(Cl)cc3)o2)c1. The van der Waals surface area contributed by atoms with E-state index in [-0.39, 0.29) is 11.0 Å². The number of hydrogen-bond acceptors (Lipinski definition) is 5. The third-order valence-corrected chi connectivity index (χ3v) is 4.55. The number of carbonyl (C=O) groups excluding carboxylic acids is 1. The van der Waals surface area contributed by atoms with Crippen molar-refractivity contribution in [3.8, 4) is 22.8 Å². The molecule has 0 fully saturated rings. The van der Waals surface area contributed by atoms with Crippen molar-refractivity contribution in [1.82, 2.24) is 10.6 Å². The minimum absolute atomic E-state index is 0.182. The Labute approximate surface area is 178 Å². The third-order valence-electron chi connectivity index (χ3n) is 4.05. The zero-order valence-electron chi connectivity index (χ0n) is 15.8. The van der Waals surface area contributed by atoms with Gasteiger partial charge in [0.05, 0.1) is 20.8 Å². The number of amides is 1. The van der Waals surface area contributed by atoms with Crippen LogP contribution in [0, 0.1) is 0 Å². The summed E-state index contributed by atoms with van der Waals surface area (Å²) in [6, 6.07) is 16.0. The lowest BCUT2D eigenvalue weighted by Gasteiger charge is -2.10. The first-order valence-corrected chi connectivity index (χ1v) is 9.44. The van der Waals surface area contributed by atoms with E-state index in [0.717, 1.165) is 11.3 Å². The lowest BCUT2D eigenvalue weighted by atomic mass is 10.2. The number of thiocarbonyl (C=S) groups is 1. The zero-order valence-corrected chi connectivity index (χ0v) is 17.4. The Balaban J connectivity index is 1.57. The lowest BCUT2D eigenvalue weighted by molar-refractivity contribution is 0.0976. The first-order valence-electron chi connectivity index (χ1n) is 8.65. The minimum Gasteiger partial charge on any atom is -0.497 e. The van der Waals surface area contributed by atoms with Crippen molar-refractivity contribution in [2.45, 2.75) is 6.54 Å². The van der Waals surface area contributed by atoms with Crippen molar-refractivity contribution < 1.29 is 18.7 Å². The average molecular weight is 431 g/mol. The predicted octanol–water partition coefficient (Wildman–Crippen LogP) is 4.42. The highest BCUT2D eigenvalue weighted by Gasteiger charge is 2.12. The number of hydrogen-bond donors (Lipinski definition) is 2. The number of methoxy groups -OCH3 is 2. The standard InChI is InChI=1S/C21H19ClN2O4S/c1-26-17-9-14(10-18(11-17)27-2)20(25)24-21(29)23-12-16-7-8-19(28-16)13-3-5-15(22)6-4-13/h3-11H,12H2,1-2H3,(H2,23,24,25,29). The van der Waals surface area contributed by atoms with E-state index in [1.165, 1.54) is 14.2 Å². The van der Waals surface area contributed by atoms with Crippen molar-refractivity contribution in [3.05, 3.63) is 70.9 Å². The van der Waals surface area contributed by atoms with Gasteiger partial charge in [0.2, 0.25) is 0 Å². The Morgan fingerprint density at radius 3 is 2.31 bits per heavy atom. The Bertz CT molecular complexity index is 996. The molecule has 3 aromatic rings. The van der Waals surface area contributed by atoms with E-state index in [1.807, 2.05) is 24.3 Å². The van der Waals surface area contributed by atoms with Crippen LogP contribution in [0.3, 0.4) is 0 Å². The van der Waals surface area contributed by atoms with Crippen molar-refractivity contribution in [2.24, 2.45) is 0 Å². The fourth-order valence-electron chi connectivity index (χ4n) is 2.57. The second-order valence-corrected chi connectivity index (χ2v) is 6.86. The van der Waals surface area contributed by atoms with Crippen LogP contribution >= 0.6 is 23.8 Å². The fourth-order valence-corrected chi connectivity index (χ4v) is 2.86. The summed E-state index contributed by atoms with van der Waals surface area (Å²) < 4.78 is 16.1. The number of ether oxygens (including phenoxy) is 2. The molecule has 8 heteroatoms. The second kappa shape index (κ2) is 9.45. The van der Waals surface area contributed by atoms with Crippen molar-refractivity contribution >= 4 is 34.8 Å². The summed E-state index contributed by atoms with van der Waals surface area (Å²) in [4.78, 5) is 12.4. The molecule has 0 aliphatic carbocycles. The number of carbonyl (C=O) groups is 1. The van der Waals surface area contributed by atoms with Gasteiger partial charge in [-0.25, -0.2) is 0 Å². The van der Waals surface area contributed by atoms with Gasteiger partial charge in [-0.2, -0.15) is 0 Å². The minimum atomic E-state index is -0.374. The molecule has 0 bridgehead atoms. The quantitative estimate of drug-likeness (QED) is 0.564. The van der Waals surface area contributed by atoms with E-state index in [9.17, 15) is 4.79 Å². The summed E-state index contributed by atoms with van der Waals surface area (Å²) in [5.74, 6) is 2.05. The Hall–Kier alpha value is -3.03. The summed E-state index contributed by atoms with van der Waals surface area (Å²) in [6.07, 6.45) is 0. The normalized spacial score (nSPS) is 10.3. The molecule has 2 N–H and O–H groups in total. The summed E-state index contributed by atoms with van der Waals surface area (Å²) in [7, 11) is 3.04. The molecular formula is C21H19ClN2O4S. The largest absolute Gasteiger partial charge is 0.497 e. The highest BCUT2D eigenvalue weighted by molar-refractivity contribution is 7.80. The van der Waals surface area contributed by atoms with Crippen LogP contribution in [0.25, 0.3) is 11.3 Å². The Kier molecular flexibility index (Phi) is 6.74. The van der Waals surface area contributed by atoms with E-state index in [1.54, 1.807) is 30.3 Å². The van der Waals surface area contributed by atoms with E-state index in [0.29, 0.717) is 34.4 Å². The third kappa shape index (κ3) is 5.49. The molecule has 0 radical (unpaired) electrons. The van der Waals surface area contributed by atoms with Gasteiger partial charge < -0.3 is 19.2 Å². The molecule has 6 nitrogen and oxygen atoms in total. The monoisotopic (exact) mass is 430 g/mol. The van der Waals surface area contributed by atoms with Gasteiger partial charge >= 0.3 is 0 Å². The molecule has 1 amide bonds. The molecule has 150 valence electrons. The van der Waals surface area contributed by atoms with E-state index < -0.39 is 0 Å². The highest BCUT2D eigenvalue weighted by atomic mass is 35.5. The maximum absolute atomic E-state index is 12.4. The molecule has 3 rings (SSSR count). The van der Waals surface area contributed by atoms with Gasteiger partial charge in [0.25, 0.3) is 5.91 Å². The summed E-state index contributed by atoms with van der Waals surface area (Å²) in [5, 5.41) is 6.43. The maximum atomic E-state index is 12.4. The molecular weight excluding hydrogens is 412 g/mol. The van der Waals surface area contributed by atoms with Gasteiger partial charge in [-0.05, 0) is 60.7 Å². The van der Waals surface area contributed by atoms with E-state index in [2.05, 4.69) is 10.6 Å². The molecule has 29 heavy (non-hydrogen) atoms. The molecule has 1 aromatic heterocycles. The topological polar surface area (TPSA) is 72.7 Å². The number of furan rings is 1. The van der Waals surface area contributed by atoms with E-state index in [4.69, 9.17) is 37.7 Å². The van der Waals surface area contributed by atoms with Crippen molar-refractivity contribution in [1.29, 1.82) is 0 Å². The van der Waals surface area contributed by atoms with Crippen LogP contribution in [0.4, 0.5) is 0 Å². The van der Waals surface area contributed by atoms with Gasteiger partial charge in [-0.3, -0.25) is 10.1 Å². The van der Waals surface area contributed by atoms with Gasteiger partial charge in [-0.15, -0.1) is 0 Å². The number of halogens is 1.